The van der Waals surface area contributed by atoms with Crippen molar-refractivity contribution in [2.45, 2.75) is 57.0 Å². The lowest BCUT2D eigenvalue weighted by atomic mass is 10.1. The second kappa shape index (κ2) is 7.48. The summed E-state index contributed by atoms with van der Waals surface area (Å²) in [6.07, 6.45) is 8.05. The lowest BCUT2D eigenvalue weighted by Crippen LogP contribution is -2.24. The van der Waals surface area contributed by atoms with E-state index in [9.17, 15) is 8.42 Å². The Bertz CT molecular complexity index is 1050. The van der Waals surface area contributed by atoms with Crippen LogP contribution in [0.2, 0.25) is 0 Å². The predicted octanol–water partition coefficient (Wildman–Crippen LogP) is 3.14. The first-order valence-corrected chi connectivity index (χ1v) is 10.9. The van der Waals surface area contributed by atoms with Crippen LogP contribution in [-0.4, -0.2) is 28.3 Å². The summed E-state index contributed by atoms with van der Waals surface area (Å²) in [4.78, 5) is 4.18. The van der Waals surface area contributed by atoms with Gasteiger partial charge in [0.15, 0.2) is 5.76 Å². The highest BCUT2D eigenvalue weighted by Crippen LogP contribution is 2.33. The summed E-state index contributed by atoms with van der Waals surface area (Å²) >= 11 is 0. The molecule has 1 aliphatic carbocycles. The van der Waals surface area contributed by atoms with Gasteiger partial charge in [-0.15, -0.1) is 0 Å². The van der Waals surface area contributed by atoms with E-state index in [0.717, 1.165) is 24.1 Å². The quantitative estimate of drug-likeness (QED) is 0.681. The Hall–Kier alpha value is -2.52. The van der Waals surface area contributed by atoms with Crippen molar-refractivity contribution in [3.8, 4) is 11.3 Å². The van der Waals surface area contributed by atoms with Crippen LogP contribution in [0.15, 0.2) is 40.0 Å². The number of nitrogens with zero attached hydrogens (tertiary/aromatic N) is 4. The maximum absolute atomic E-state index is 12.7. The first-order valence-electron chi connectivity index (χ1n) is 9.37. The zero-order valence-electron chi connectivity index (χ0n) is 15.9. The minimum atomic E-state index is -3.73. The third kappa shape index (κ3) is 3.59. The Labute approximate surface area is 164 Å². The fraction of sp³-hybridized carbons (Fsp3) is 0.421. The molecule has 3 aromatic rings. The summed E-state index contributed by atoms with van der Waals surface area (Å²) in [6.45, 7) is 3.30. The van der Waals surface area contributed by atoms with Crippen molar-refractivity contribution in [2.24, 2.45) is 0 Å². The Morgan fingerprint density at radius 2 is 1.93 bits per heavy atom. The van der Waals surface area contributed by atoms with E-state index in [2.05, 4.69) is 14.9 Å². The van der Waals surface area contributed by atoms with Crippen LogP contribution in [0.25, 0.3) is 11.3 Å². The molecule has 0 aromatic carbocycles. The maximum atomic E-state index is 12.7. The van der Waals surface area contributed by atoms with Gasteiger partial charge in [0.2, 0.25) is 10.0 Å². The van der Waals surface area contributed by atoms with Crippen molar-refractivity contribution in [1.82, 2.24) is 24.6 Å². The van der Waals surface area contributed by atoms with Crippen LogP contribution in [-0.2, 0) is 16.6 Å². The SMILES string of the molecule is Cc1noc(C)c1S(=O)(=O)NCc1cc(-c2ccncc2)n(C2CCCC2)n1. The van der Waals surface area contributed by atoms with Gasteiger partial charge in [0.05, 0.1) is 24.0 Å². The number of hydrogen-bond acceptors (Lipinski definition) is 6. The molecule has 1 fully saturated rings. The Balaban J connectivity index is 1.62. The van der Waals surface area contributed by atoms with E-state index < -0.39 is 10.0 Å². The number of rotatable bonds is 6. The number of nitrogens with one attached hydrogen (secondary N) is 1. The summed E-state index contributed by atoms with van der Waals surface area (Å²) < 4.78 is 35.0. The normalized spacial score (nSPS) is 15.4. The van der Waals surface area contributed by atoms with E-state index in [4.69, 9.17) is 9.62 Å². The zero-order chi connectivity index (χ0) is 19.7. The first-order chi connectivity index (χ1) is 13.5. The van der Waals surface area contributed by atoms with Crippen LogP contribution < -0.4 is 4.72 Å². The molecule has 0 aliphatic heterocycles. The van der Waals surface area contributed by atoms with Crippen LogP contribution in [0.1, 0.15) is 48.9 Å². The van der Waals surface area contributed by atoms with Gasteiger partial charge >= 0.3 is 0 Å². The third-order valence-electron chi connectivity index (χ3n) is 5.11. The summed E-state index contributed by atoms with van der Waals surface area (Å²) in [7, 11) is -3.73. The van der Waals surface area contributed by atoms with Gasteiger partial charge in [-0.25, -0.2) is 13.1 Å². The molecule has 1 aliphatic rings. The summed E-state index contributed by atoms with van der Waals surface area (Å²) in [5.74, 6) is 0.277. The van der Waals surface area contributed by atoms with Crippen molar-refractivity contribution in [3.63, 3.8) is 0 Å². The van der Waals surface area contributed by atoms with E-state index >= 15 is 0 Å². The second-order valence-electron chi connectivity index (χ2n) is 7.12. The van der Waals surface area contributed by atoms with Crippen molar-refractivity contribution in [2.75, 3.05) is 0 Å². The van der Waals surface area contributed by atoms with E-state index in [1.807, 2.05) is 22.9 Å². The number of aryl methyl sites for hydroxylation is 2. The largest absolute Gasteiger partial charge is 0.360 e. The molecule has 0 saturated heterocycles. The van der Waals surface area contributed by atoms with Crippen LogP contribution in [0.3, 0.4) is 0 Å². The number of sulfonamides is 1. The topological polar surface area (TPSA) is 103 Å². The molecular weight excluding hydrogens is 378 g/mol. The molecule has 0 amide bonds. The van der Waals surface area contributed by atoms with Crippen LogP contribution >= 0.6 is 0 Å². The van der Waals surface area contributed by atoms with Gasteiger partial charge in [0.25, 0.3) is 0 Å². The zero-order valence-corrected chi connectivity index (χ0v) is 16.7. The van der Waals surface area contributed by atoms with Crippen molar-refractivity contribution in [1.29, 1.82) is 0 Å². The molecule has 28 heavy (non-hydrogen) atoms. The van der Waals surface area contributed by atoms with Gasteiger partial charge in [-0.1, -0.05) is 18.0 Å². The average molecular weight is 401 g/mol. The molecule has 1 saturated carbocycles. The summed E-state index contributed by atoms with van der Waals surface area (Å²) in [6, 6.07) is 6.18. The molecule has 0 spiro atoms. The lowest BCUT2D eigenvalue weighted by molar-refractivity contribution is 0.390. The van der Waals surface area contributed by atoms with Gasteiger partial charge in [0, 0.05) is 18.0 Å². The fourth-order valence-corrected chi connectivity index (χ4v) is 5.12. The van der Waals surface area contributed by atoms with Crippen LogP contribution in [0.4, 0.5) is 0 Å². The lowest BCUT2D eigenvalue weighted by Gasteiger charge is -2.14. The molecular formula is C19H23N5O3S. The molecule has 148 valence electrons. The first kappa shape index (κ1) is 18.8. The Morgan fingerprint density at radius 1 is 1.21 bits per heavy atom. The van der Waals surface area contributed by atoms with Crippen molar-refractivity contribution >= 4 is 10.0 Å². The van der Waals surface area contributed by atoms with Crippen LogP contribution in [0.5, 0.6) is 0 Å². The van der Waals surface area contributed by atoms with Crippen molar-refractivity contribution < 1.29 is 12.9 Å². The molecule has 3 heterocycles. The molecule has 4 rings (SSSR count). The molecule has 1 N–H and O–H groups in total. The van der Waals surface area contributed by atoms with Gasteiger partial charge in [-0.3, -0.25) is 9.67 Å². The molecule has 0 atom stereocenters. The monoisotopic (exact) mass is 401 g/mol. The van der Waals surface area contributed by atoms with Crippen molar-refractivity contribution in [3.05, 3.63) is 47.7 Å². The minimum Gasteiger partial charge on any atom is -0.360 e. The summed E-state index contributed by atoms with van der Waals surface area (Å²) in [5.41, 5.74) is 3.03. The van der Waals surface area contributed by atoms with E-state index in [0.29, 0.717) is 17.4 Å². The van der Waals surface area contributed by atoms with E-state index in [1.54, 1.807) is 26.2 Å². The van der Waals surface area contributed by atoms with Crippen LogP contribution in [0, 0.1) is 13.8 Å². The Kier molecular flexibility index (Phi) is 5.03. The minimum absolute atomic E-state index is 0.0945. The van der Waals surface area contributed by atoms with E-state index in [-0.39, 0.29) is 17.2 Å². The number of pyridine rings is 1. The number of aromatic nitrogens is 4. The van der Waals surface area contributed by atoms with Gasteiger partial charge in [-0.2, -0.15) is 5.10 Å². The molecule has 3 aromatic heterocycles. The molecule has 9 heteroatoms. The molecule has 8 nitrogen and oxygen atoms in total. The fourth-order valence-electron chi connectivity index (χ4n) is 3.80. The third-order valence-corrected chi connectivity index (χ3v) is 6.76. The maximum Gasteiger partial charge on any atom is 0.246 e. The Morgan fingerprint density at radius 3 is 2.57 bits per heavy atom. The highest BCUT2D eigenvalue weighted by molar-refractivity contribution is 7.89. The highest BCUT2D eigenvalue weighted by atomic mass is 32.2. The second-order valence-corrected chi connectivity index (χ2v) is 8.82. The van der Waals surface area contributed by atoms with Gasteiger partial charge in [0.1, 0.15) is 10.6 Å². The van der Waals surface area contributed by atoms with Gasteiger partial charge < -0.3 is 4.52 Å². The standard InChI is InChI=1S/C19H23N5O3S/c1-13-19(14(2)27-23-13)28(25,26)21-12-16-11-18(15-7-9-20-10-8-15)24(22-16)17-5-3-4-6-17/h7-11,17,21H,3-6,12H2,1-2H3. The molecule has 0 radical (unpaired) electrons. The smallest absolute Gasteiger partial charge is 0.246 e. The summed E-state index contributed by atoms with van der Waals surface area (Å²) in [5, 5.41) is 8.46. The molecule has 0 unspecified atom stereocenters. The molecule has 0 bridgehead atoms. The number of hydrogen-bond donors (Lipinski definition) is 1. The van der Waals surface area contributed by atoms with E-state index in [1.165, 1.54) is 12.8 Å². The highest BCUT2D eigenvalue weighted by Gasteiger charge is 2.26. The predicted molar refractivity (Wildman–Crippen MR) is 103 cm³/mol. The van der Waals surface area contributed by atoms with Gasteiger partial charge in [-0.05, 0) is 44.9 Å². The average Bonchev–Trinajstić information content (AvgIpc) is 3.40.